The summed E-state index contributed by atoms with van der Waals surface area (Å²) in [7, 11) is -2.13. The van der Waals surface area contributed by atoms with Gasteiger partial charge in [-0.15, -0.1) is 0 Å². The zero-order valence-corrected chi connectivity index (χ0v) is 8.60. The average molecular weight is 192 g/mol. The van der Waals surface area contributed by atoms with E-state index in [-0.39, 0.29) is 0 Å². The summed E-state index contributed by atoms with van der Waals surface area (Å²) in [6.45, 7) is 3.71. The van der Waals surface area contributed by atoms with E-state index in [9.17, 15) is 8.42 Å². The molecule has 0 saturated heterocycles. The van der Waals surface area contributed by atoms with Gasteiger partial charge in [0.15, 0.2) is 0 Å². The Balaban J connectivity index is 4.35. The zero-order chi connectivity index (χ0) is 9.61. The number of rotatable bonds is 5. The Kier molecular flexibility index (Phi) is 5.17. The Morgan fingerprint density at radius 3 is 2.42 bits per heavy atom. The molecule has 0 aromatic rings. The van der Waals surface area contributed by atoms with Crippen LogP contribution in [0.5, 0.6) is 0 Å². The molecule has 1 atom stereocenters. The van der Waals surface area contributed by atoms with Crippen LogP contribution >= 0.6 is 0 Å². The molecule has 0 aromatic heterocycles. The lowest BCUT2D eigenvalue weighted by atomic mass is 10.2. The molecule has 12 heavy (non-hydrogen) atoms. The highest BCUT2D eigenvalue weighted by atomic mass is 32.2. The largest absolute Gasteiger partial charge is 0.273 e. The third-order valence-electron chi connectivity index (χ3n) is 1.73. The van der Waals surface area contributed by atoms with E-state index in [0.29, 0.717) is 12.8 Å². The molecule has 0 saturated carbocycles. The van der Waals surface area contributed by atoms with Gasteiger partial charge in [-0.05, 0) is 19.8 Å². The van der Waals surface area contributed by atoms with Gasteiger partial charge in [0.2, 0.25) is 0 Å². The van der Waals surface area contributed by atoms with Crippen molar-refractivity contribution in [3.05, 3.63) is 12.2 Å². The lowest BCUT2D eigenvalue weighted by molar-refractivity contribution is 0.385. The number of hydrogen-bond donors (Lipinski definition) is 0. The predicted molar refractivity (Wildman–Crippen MR) is 49.4 cm³/mol. The van der Waals surface area contributed by atoms with E-state index in [1.54, 1.807) is 0 Å². The summed E-state index contributed by atoms with van der Waals surface area (Å²) in [6, 6.07) is 0. The standard InChI is InChI=1S/C8H16O3S/c1-4-6-7-8(5-2)12(9,10)11-3/h4,6,8H,5,7H2,1-3H3. The van der Waals surface area contributed by atoms with Crippen molar-refractivity contribution in [3.63, 3.8) is 0 Å². The van der Waals surface area contributed by atoms with Crippen LogP contribution in [-0.2, 0) is 14.3 Å². The van der Waals surface area contributed by atoms with E-state index in [1.807, 2.05) is 26.0 Å². The summed E-state index contributed by atoms with van der Waals surface area (Å²) in [5.74, 6) is 0. The van der Waals surface area contributed by atoms with Gasteiger partial charge in [0.25, 0.3) is 10.1 Å². The fourth-order valence-electron chi connectivity index (χ4n) is 0.913. The topological polar surface area (TPSA) is 43.4 Å². The Hall–Kier alpha value is -0.350. The van der Waals surface area contributed by atoms with E-state index in [0.717, 1.165) is 0 Å². The first kappa shape index (κ1) is 11.6. The van der Waals surface area contributed by atoms with Crippen molar-refractivity contribution < 1.29 is 12.6 Å². The van der Waals surface area contributed by atoms with Gasteiger partial charge in [-0.3, -0.25) is 4.18 Å². The monoisotopic (exact) mass is 192 g/mol. The molecular formula is C8H16O3S. The van der Waals surface area contributed by atoms with Gasteiger partial charge in [-0.1, -0.05) is 19.1 Å². The van der Waals surface area contributed by atoms with E-state index in [4.69, 9.17) is 0 Å². The summed E-state index contributed by atoms with van der Waals surface area (Å²) in [6.07, 6.45) is 4.79. The minimum absolute atomic E-state index is 0.404. The first-order valence-corrected chi connectivity index (χ1v) is 5.46. The molecule has 0 aliphatic carbocycles. The second-order valence-electron chi connectivity index (χ2n) is 2.49. The first-order valence-electron chi connectivity index (χ1n) is 3.99. The lowest BCUT2D eigenvalue weighted by Gasteiger charge is -2.10. The third kappa shape index (κ3) is 3.36. The Morgan fingerprint density at radius 1 is 1.50 bits per heavy atom. The summed E-state index contributed by atoms with van der Waals surface area (Å²) in [5.41, 5.74) is 0. The van der Waals surface area contributed by atoms with Crippen LogP contribution in [0.2, 0.25) is 0 Å². The summed E-state index contributed by atoms with van der Waals surface area (Å²) in [5, 5.41) is -0.404. The van der Waals surface area contributed by atoms with Crippen LogP contribution in [0.25, 0.3) is 0 Å². The fraction of sp³-hybridized carbons (Fsp3) is 0.750. The molecule has 1 unspecified atom stereocenters. The van der Waals surface area contributed by atoms with E-state index in [1.165, 1.54) is 7.11 Å². The molecule has 0 rings (SSSR count). The van der Waals surface area contributed by atoms with Crippen LogP contribution in [0.15, 0.2) is 12.2 Å². The Labute approximate surface area is 74.6 Å². The van der Waals surface area contributed by atoms with Crippen LogP contribution < -0.4 is 0 Å². The molecule has 0 aliphatic heterocycles. The van der Waals surface area contributed by atoms with Gasteiger partial charge < -0.3 is 0 Å². The Bertz CT molecular complexity index is 229. The maximum Gasteiger partial charge on any atom is 0.270 e. The molecule has 0 N–H and O–H groups in total. The van der Waals surface area contributed by atoms with Crippen molar-refractivity contribution in [1.29, 1.82) is 0 Å². The van der Waals surface area contributed by atoms with Gasteiger partial charge >= 0.3 is 0 Å². The van der Waals surface area contributed by atoms with Crippen LogP contribution in [-0.4, -0.2) is 20.8 Å². The Morgan fingerprint density at radius 2 is 2.08 bits per heavy atom. The maximum absolute atomic E-state index is 11.2. The van der Waals surface area contributed by atoms with Crippen LogP contribution in [0.1, 0.15) is 26.7 Å². The quantitative estimate of drug-likeness (QED) is 0.492. The normalized spacial score (nSPS) is 15.2. The minimum Gasteiger partial charge on any atom is -0.273 e. The molecule has 0 aliphatic rings. The molecule has 0 radical (unpaired) electrons. The molecular weight excluding hydrogens is 176 g/mol. The molecule has 0 fully saturated rings. The maximum atomic E-state index is 11.2. The molecule has 0 bridgehead atoms. The molecule has 0 heterocycles. The van der Waals surface area contributed by atoms with Gasteiger partial charge in [-0.25, -0.2) is 0 Å². The molecule has 4 heteroatoms. The highest BCUT2D eigenvalue weighted by molar-refractivity contribution is 7.87. The highest BCUT2D eigenvalue weighted by Gasteiger charge is 2.21. The SMILES string of the molecule is CC=CCC(CC)S(=O)(=O)OC. The third-order valence-corrected chi connectivity index (χ3v) is 3.54. The van der Waals surface area contributed by atoms with Crippen LogP contribution in [0.3, 0.4) is 0 Å². The second kappa shape index (κ2) is 5.32. The van der Waals surface area contributed by atoms with Gasteiger partial charge in [-0.2, -0.15) is 8.42 Å². The van der Waals surface area contributed by atoms with Gasteiger partial charge in [0.1, 0.15) is 0 Å². The molecule has 3 nitrogen and oxygen atoms in total. The van der Waals surface area contributed by atoms with E-state index >= 15 is 0 Å². The number of hydrogen-bond acceptors (Lipinski definition) is 3. The minimum atomic E-state index is -3.33. The van der Waals surface area contributed by atoms with Crippen LogP contribution in [0.4, 0.5) is 0 Å². The van der Waals surface area contributed by atoms with Gasteiger partial charge in [0, 0.05) is 0 Å². The molecule has 72 valence electrons. The van der Waals surface area contributed by atoms with E-state index in [2.05, 4.69) is 4.18 Å². The zero-order valence-electron chi connectivity index (χ0n) is 7.78. The highest BCUT2D eigenvalue weighted by Crippen LogP contribution is 2.12. The van der Waals surface area contributed by atoms with Crippen LogP contribution in [0, 0.1) is 0 Å². The summed E-state index contributed by atoms with van der Waals surface area (Å²) in [4.78, 5) is 0. The van der Waals surface area contributed by atoms with Crippen molar-refractivity contribution in [2.24, 2.45) is 0 Å². The summed E-state index contributed by atoms with van der Waals surface area (Å²) >= 11 is 0. The van der Waals surface area contributed by atoms with Crippen molar-refractivity contribution in [2.45, 2.75) is 31.9 Å². The molecule has 0 spiro atoms. The van der Waals surface area contributed by atoms with E-state index < -0.39 is 15.4 Å². The molecule has 0 amide bonds. The summed E-state index contributed by atoms with van der Waals surface area (Å²) < 4.78 is 26.8. The van der Waals surface area contributed by atoms with Crippen molar-refractivity contribution in [2.75, 3.05) is 7.11 Å². The van der Waals surface area contributed by atoms with Crippen molar-refractivity contribution in [3.8, 4) is 0 Å². The smallest absolute Gasteiger partial charge is 0.270 e. The first-order chi connectivity index (χ1) is 5.58. The molecule has 0 aromatic carbocycles. The van der Waals surface area contributed by atoms with Gasteiger partial charge in [0.05, 0.1) is 12.4 Å². The van der Waals surface area contributed by atoms with Crippen molar-refractivity contribution in [1.82, 2.24) is 0 Å². The number of allylic oxidation sites excluding steroid dienone is 2. The second-order valence-corrected chi connectivity index (χ2v) is 4.48. The average Bonchev–Trinajstić information content (AvgIpc) is 2.05. The van der Waals surface area contributed by atoms with Crippen molar-refractivity contribution >= 4 is 10.1 Å². The fourth-order valence-corrected chi connectivity index (χ4v) is 1.94. The predicted octanol–water partition coefficient (Wildman–Crippen LogP) is 1.71. The lowest BCUT2D eigenvalue weighted by Crippen LogP contribution is -2.20.